The molecule has 3 aromatic heterocycles. The van der Waals surface area contributed by atoms with Gasteiger partial charge in [-0.2, -0.15) is 8.78 Å². The number of nitrogens with zero attached hydrogens (tertiary/aromatic N) is 5. The SMILES string of the molecule is CC(=O)c1cnc(-c2ccccc2)n(Cc2ccc(-c3nnc(C(F)F)o3)cn2)c1=O. The van der Waals surface area contributed by atoms with E-state index in [0.29, 0.717) is 22.6 Å². The van der Waals surface area contributed by atoms with Crippen LogP contribution in [0, 0.1) is 0 Å². The van der Waals surface area contributed by atoms with Crippen LogP contribution in [0.15, 0.2) is 64.1 Å². The molecule has 0 spiro atoms. The van der Waals surface area contributed by atoms with Crippen LogP contribution in [-0.2, 0) is 6.54 Å². The highest BCUT2D eigenvalue weighted by atomic mass is 19.3. The smallest absolute Gasteiger partial charge is 0.314 e. The highest BCUT2D eigenvalue weighted by Gasteiger charge is 2.18. The van der Waals surface area contributed by atoms with E-state index in [0.717, 1.165) is 0 Å². The normalized spacial score (nSPS) is 11.1. The number of halogens is 2. The molecule has 0 saturated heterocycles. The van der Waals surface area contributed by atoms with E-state index in [2.05, 4.69) is 20.2 Å². The summed E-state index contributed by atoms with van der Waals surface area (Å²) >= 11 is 0. The molecule has 0 aliphatic carbocycles. The van der Waals surface area contributed by atoms with Crippen molar-refractivity contribution in [1.82, 2.24) is 24.7 Å². The van der Waals surface area contributed by atoms with E-state index < -0.39 is 17.9 Å². The van der Waals surface area contributed by atoms with Gasteiger partial charge in [-0.1, -0.05) is 30.3 Å². The first-order chi connectivity index (χ1) is 14.9. The summed E-state index contributed by atoms with van der Waals surface area (Å²) in [5.74, 6) is -0.859. The van der Waals surface area contributed by atoms with Crippen molar-refractivity contribution in [3.8, 4) is 22.8 Å². The maximum absolute atomic E-state index is 12.9. The van der Waals surface area contributed by atoms with E-state index in [1.807, 2.05) is 18.2 Å². The van der Waals surface area contributed by atoms with Gasteiger partial charge < -0.3 is 4.42 Å². The van der Waals surface area contributed by atoms with Crippen LogP contribution in [0.1, 0.15) is 35.3 Å². The third-order valence-electron chi connectivity index (χ3n) is 4.48. The molecule has 0 amide bonds. The molecule has 0 atom stereocenters. The molecule has 0 unspecified atom stereocenters. The molecular formula is C21H15F2N5O3. The number of hydrogen-bond acceptors (Lipinski definition) is 7. The second kappa shape index (κ2) is 8.34. The number of carbonyl (C=O) groups is 1. The van der Waals surface area contributed by atoms with Gasteiger partial charge in [0.05, 0.1) is 17.8 Å². The Morgan fingerprint density at radius 1 is 1.03 bits per heavy atom. The van der Waals surface area contributed by atoms with Crippen LogP contribution in [0.2, 0.25) is 0 Å². The van der Waals surface area contributed by atoms with Gasteiger partial charge in [0.2, 0.25) is 5.89 Å². The highest BCUT2D eigenvalue weighted by molar-refractivity contribution is 5.93. The average molecular weight is 423 g/mol. The number of alkyl halides is 2. The van der Waals surface area contributed by atoms with Crippen LogP contribution in [0.3, 0.4) is 0 Å². The average Bonchev–Trinajstić information content (AvgIpc) is 3.27. The number of aromatic nitrogens is 5. The van der Waals surface area contributed by atoms with Crippen molar-refractivity contribution in [3.05, 3.63) is 82.4 Å². The van der Waals surface area contributed by atoms with Crippen LogP contribution in [-0.4, -0.2) is 30.5 Å². The maximum Gasteiger partial charge on any atom is 0.314 e. The summed E-state index contributed by atoms with van der Waals surface area (Å²) in [7, 11) is 0. The molecule has 0 saturated carbocycles. The number of benzene rings is 1. The standard InChI is InChI=1S/C21H15F2N5O3/c1-12(29)16-10-25-18(13-5-3-2-4-6-13)28(21(16)30)11-15-8-7-14(9-24-15)19-26-27-20(31-19)17(22)23/h2-10,17H,11H2,1H3. The lowest BCUT2D eigenvalue weighted by Gasteiger charge is -2.13. The second-order valence-electron chi connectivity index (χ2n) is 6.59. The minimum absolute atomic E-state index is 0.0262. The molecule has 4 aromatic rings. The Morgan fingerprint density at radius 3 is 2.42 bits per heavy atom. The Bertz CT molecular complexity index is 1280. The lowest BCUT2D eigenvalue weighted by Crippen LogP contribution is -2.28. The first-order valence-corrected chi connectivity index (χ1v) is 9.17. The van der Waals surface area contributed by atoms with Crippen molar-refractivity contribution in [2.45, 2.75) is 19.9 Å². The zero-order valence-electron chi connectivity index (χ0n) is 16.2. The second-order valence-corrected chi connectivity index (χ2v) is 6.59. The predicted molar refractivity (Wildman–Crippen MR) is 106 cm³/mol. The van der Waals surface area contributed by atoms with Gasteiger partial charge in [-0.15, -0.1) is 10.2 Å². The van der Waals surface area contributed by atoms with Crippen molar-refractivity contribution in [3.63, 3.8) is 0 Å². The zero-order valence-corrected chi connectivity index (χ0v) is 16.2. The van der Waals surface area contributed by atoms with E-state index in [4.69, 9.17) is 4.42 Å². The Labute approximate surface area is 174 Å². The molecule has 31 heavy (non-hydrogen) atoms. The number of pyridine rings is 1. The van der Waals surface area contributed by atoms with Gasteiger partial charge in [0.1, 0.15) is 11.4 Å². The molecule has 4 rings (SSSR count). The molecule has 0 fully saturated rings. The topological polar surface area (TPSA) is 104 Å². The van der Waals surface area contributed by atoms with Crippen molar-refractivity contribution in [2.24, 2.45) is 0 Å². The third-order valence-corrected chi connectivity index (χ3v) is 4.48. The lowest BCUT2D eigenvalue weighted by molar-refractivity contribution is 0.101. The summed E-state index contributed by atoms with van der Waals surface area (Å²) in [4.78, 5) is 33.3. The summed E-state index contributed by atoms with van der Waals surface area (Å²) in [5, 5.41) is 6.87. The van der Waals surface area contributed by atoms with E-state index in [1.54, 1.807) is 24.3 Å². The van der Waals surface area contributed by atoms with Crippen LogP contribution in [0.4, 0.5) is 8.78 Å². The van der Waals surface area contributed by atoms with E-state index >= 15 is 0 Å². The third kappa shape index (κ3) is 4.13. The van der Waals surface area contributed by atoms with Gasteiger partial charge in [0.25, 0.3) is 11.4 Å². The molecule has 0 aliphatic rings. The molecule has 1 aromatic carbocycles. The van der Waals surface area contributed by atoms with Crippen molar-refractivity contribution in [2.75, 3.05) is 0 Å². The summed E-state index contributed by atoms with van der Waals surface area (Å²) in [6.07, 6.45) is -0.207. The molecule has 8 nitrogen and oxygen atoms in total. The molecule has 10 heteroatoms. The fourth-order valence-corrected chi connectivity index (χ4v) is 2.94. The van der Waals surface area contributed by atoms with Gasteiger partial charge in [0.15, 0.2) is 5.78 Å². The van der Waals surface area contributed by atoms with E-state index in [-0.39, 0.29) is 23.8 Å². The zero-order chi connectivity index (χ0) is 22.0. The summed E-state index contributed by atoms with van der Waals surface area (Å²) in [6.45, 7) is 1.35. The Morgan fingerprint density at radius 2 is 1.81 bits per heavy atom. The maximum atomic E-state index is 12.9. The quantitative estimate of drug-likeness (QED) is 0.437. The minimum atomic E-state index is -2.86. The number of hydrogen-bond donors (Lipinski definition) is 0. The summed E-state index contributed by atoms with van der Waals surface area (Å²) < 4.78 is 31.5. The first-order valence-electron chi connectivity index (χ1n) is 9.17. The largest absolute Gasteiger partial charge is 0.415 e. The van der Waals surface area contributed by atoms with Crippen molar-refractivity contribution in [1.29, 1.82) is 0 Å². The van der Waals surface area contributed by atoms with Gasteiger partial charge in [-0.05, 0) is 19.1 Å². The molecule has 0 N–H and O–H groups in total. The first kappa shape index (κ1) is 20.2. The molecular weight excluding hydrogens is 408 g/mol. The highest BCUT2D eigenvalue weighted by Crippen LogP contribution is 2.23. The monoisotopic (exact) mass is 423 g/mol. The van der Waals surface area contributed by atoms with Crippen LogP contribution < -0.4 is 5.56 Å². The van der Waals surface area contributed by atoms with Gasteiger partial charge >= 0.3 is 6.43 Å². The number of rotatable bonds is 6. The van der Waals surface area contributed by atoms with Gasteiger partial charge in [-0.3, -0.25) is 19.1 Å². The Hall–Kier alpha value is -4.08. The van der Waals surface area contributed by atoms with E-state index in [9.17, 15) is 18.4 Å². The van der Waals surface area contributed by atoms with Crippen LogP contribution in [0.25, 0.3) is 22.8 Å². The molecule has 156 valence electrons. The fraction of sp³-hybridized carbons (Fsp3) is 0.143. The van der Waals surface area contributed by atoms with E-state index in [1.165, 1.54) is 23.9 Å². The molecule has 0 aliphatic heterocycles. The predicted octanol–water partition coefficient (Wildman–Crippen LogP) is 3.54. The summed E-state index contributed by atoms with van der Waals surface area (Å²) in [5.41, 5.74) is 1.04. The number of Topliss-reactive ketones (excluding diaryl/α,β-unsaturated/α-hetero) is 1. The lowest BCUT2D eigenvalue weighted by atomic mass is 10.1. The van der Waals surface area contributed by atoms with Crippen molar-refractivity contribution >= 4 is 5.78 Å². The fourth-order valence-electron chi connectivity index (χ4n) is 2.94. The number of carbonyl (C=O) groups excluding carboxylic acids is 1. The summed E-state index contributed by atoms with van der Waals surface area (Å²) in [6, 6.07) is 12.2. The van der Waals surface area contributed by atoms with Gasteiger partial charge in [0, 0.05) is 18.0 Å². The van der Waals surface area contributed by atoms with Crippen molar-refractivity contribution < 1.29 is 18.0 Å². The molecule has 0 bridgehead atoms. The molecule has 3 heterocycles. The molecule has 0 radical (unpaired) electrons. The van der Waals surface area contributed by atoms with Crippen LogP contribution in [0.5, 0.6) is 0 Å². The van der Waals surface area contributed by atoms with Gasteiger partial charge in [-0.25, -0.2) is 4.98 Å². The Kier molecular flexibility index (Phi) is 5.44. The van der Waals surface area contributed by atoms with Crippen LogP contribution >= 0.6 is 0 Å². The Balaban J connectivity index is 1.70. The number of ketones is 1. The minimum Gasteiger partial charge on any atom is -0.415 e.